The van der Waals surface area contributed by atoms with Gasteiger partial charge in [0.15, 0.2) is 17.5 Å². The standard InChI is InChI=1S/C51H29N3O3/c1-3-13-30(14-4-1)49-52-50(31-15-5-2-6-16-31)54-51(53-49)38-21-12-24-44-47(38)37-20-11-19-34(48(37)57-44)33-28-39(46-36-18-8-10-23-42(36)56-45(46)29-33)32-25-26-43-40(27-32)35-17-7-9-22-41(35)55-43/h1-29H. The lowest BCUT2D eigenvalue weighted by Gasteiger charge is -2.10. The van der Waals surface area contributed by atoms with E-state index in [1.165, 1.54) is 0 Å². The van der Waals surface area contributed by atoms with Crippen LogP contribution in [0.4, 0.5) is 0 Å². The van der Waals surface area contributed by atoms with Crippen molar-refractivity contribution in [3.8, 4) is 56.4 Å². The van der Waals surface area contributed by atoms with Crippen LogP contribution in [0.15, 0.2) is 189 Å². The van der Waals surface area contributed by atoms with Crippen LogP contribution in [0.1, 0.15) is 0 Å². The van der Waals surface area contributed by atoms with Gasteiger partial charge in [-0.3, -0.25) is 0 Å². The zero-order chi connectivity index (χ0) is 37.5. The predicted molar refractivity (Wildman–Crippen MR) is 229 cm³/mol. The molecule has 0 amide bonds. The molecule has 0 aliphatic carbocycles. The Balaban J connectivity index is 1.08. The van der Waals surface area contributed by atoms with Gasteiger partial charge in [-0.15, -0.1) is 0 Å². The van der Waals surface area contributed by atoms with Crippen molar-refractivity contribution in [3.05, 3.63) is 176 Å². The van der Waals surface area contributed by atoms with Crippen molar-refractivity contribution in [3.63, 3.8) is 0 Å². The fraction of sp³-hybridized carbons (Fsp3) is 0. The molecule has 57 heavy (non-hydrogen) atoms. The van der Waals surface area contributed by atoms with Gasteiger partial charge in [0, 0.05) is 54.6 Å². The average Bonchev–Trinajstić information content (AvgIpc) is 3.97. The lowest BCUT2D eigenvalue weighted by molar-refractivity contribution is 0.668. The molecule has 0 N–H and O–H groups in total. The summed E-state index contributed by atoms with van der Waals surface area (Å²) in [6.45, 7) is 0. The van der Waals surface area contributed by atoms with E-state index in [1.807, 2.05) is 97.1 Å². The lowest BCUT2D eigenvalue weighted by atomic mass is 9.93. The van der Waals surface area contributed by atoms with Crippen LogP contribution in [0.25, 0.3) is 122 Å². The summed E-state index contributed by atoms with van der Waals surface area (Å²) in [6.07, 6.45) is 0. The molecule has 0 radical (unpaired) electrons. The van der Waals surface area contributed by atoms with E-state index >= 15 is 0 Å². The highest BCUT2D eigenvalue weighted by Gasteiger charge is 2.22. The van der Waals surface area contributed by atoms with Crippen molar-refractivity contribution in [2.24, 2.45) is 0 Å². The fourth-order valence-electron chi connectivity index (χ4n) is 8.32. The van der Waals surface area contributed by atoms with Crippen LogP contribution in [0, 0.1) is 0 Å². The minimum absolute atomic E-state index is 0.578. The van der Waals surface area contributed by atoms with Gasteiger partial charge in [0.2, 0.25) is 0 Å². The Bertz CT molecular complexity index is 3470. The van der Waals surface area contributed by atoms with E-state index in [0.717, 1.165) is 105 Å². The predicted octanol–water partition coefficient (Wildman–Crippen LogP) is 13.9. The molecule has 0 aliphatic heterocycles. The van der Waals surface area contributed by atoms with Crippen molar-refractivity contribution in [2.45, 2.75) is 0 Å². The molecule has 0 fully saturated rings. The minimum atomic E-state index is 0.578. The maximum absolute atomic E-state index is 6.83. The molecule has 0 saturated heterocycles. The third kappa shape index (κ3) is 5.01. The van der Waals surface area contributed by atoms with Crippen LogP contribution in [-0.4, -0.2) is 15.0 Å². The van der Waals surface area contributed by atoms with E-state index in [9.17, 15) is 0 Å². The second kappa shape index (κ2) is 12.3. The van der Waals surface area contributed by atoms with E-state index in [1.54, 1.807) is 0 Å². The maximum Gasteiger partial charge on any atom is 0.164 e. The van der Waals surface area contributed by atoms with Crippen LogP contribution in [0.2, 0.25) is 0 Å². The first-order valence-corrected chi connectivity index (χ1v) is 18.9. The number of aromatic nitrogens is 3. The van der Waals surface area contributed by atoms with E-state index in [2.05, 4.69) is 78.9 Å². The number of nitrogens with zero attached hydrogens (tertiary/aromatic N) is 3. The number of rotatable bonds is 5. The maximum atomic E-state index is 6.83. The van der Waals surface area contributed by atoms with Gasteiger partial charge in [-0.1, -0.05) is 133 Å². The molecule has 0 unspecified atom stereocenters. The van der Waals surface area contributed by atoms with Crippen LogP contribution >= 0.6 is 0 Å². The molecule has 0 bridgehead atoms. The van der Waals surface area contributed by atoms with Gasteiger partial charge in [-0.25, -0.2) is 15.0 Å². The Morgan fingerprint density at radius 1 is 0.281 bits per heavy atom. The molecule has 0 saturated carbocycles. The summed E-state index contributed by atoms with van der Waals surface area (Å²) in [7, 11) is 0. The Hall–Kier alpha value is -7.83. The monoisotopic (exact) mass is 731 g/mol. The van der Waals surface area contributed by atoms with Gasteiger partial charge >= 0.3 is 0 Å². The smallest absolute Gasteiger partial charge is 0.164 e. The van der Waals surface area contributed by atoms with E-state index in [-0.39, 0.29) is 0 Å². The summed E-state index contributed by atoms with van der Waals surface area (Å²) in [5.41, 5.74) is 11.7. The first-order chi connectivity index (χ1) is 28.2. The van der Waals surface area contributed by atoms with Gasteiger partial charge in [-0.05, 0) is 59.2 Å². The van der Waals surface area contributed by atoms with Crippen LogP contribution in [0.3, 0.4) is 0 Å². The molecular formula is C51H29N3O3. The van der Waals surface area contributed by atoms with Gasteiger partial charge in [0.1, 0.15) is 33.5 Å². The molecule has 0 spiro atoms. The number of hydrogen-bond donors (Lipinski definition) is 0. The average molecular weight is 732 g/mol. The van der Waals surface area contributed by atoms with E-state index in [4.69, 9.17) is 28.2 Å². The normalized spacial score (nSPS) is 11.9. The van der Waals surface area contributed by atoms with Crippen LogP contribution in [-0.2, 0) is 0 Å². The first kappa shape index (κ1) is 31.5. The second-order valence-electron chi connectivity index (χ2n) is 14.3. The molecule has 266 valence electrons. The van der Waals surface area contributed by atoms with Crippen LogP contribution in [0.5, 0.6) is 0 Å². The minimum Gasteiger partial charge on any atom is -0.456 e. The molecule has 6 nitrogen and oxygen atoms in total. The van der Waals surface area contributed by atoms with Gasteiger partial charge in [0.25, 0.3) is 0 Å². The van der Waals surface area contributed by atoms with Gasteiger partial charge in [-0.2, -0.15) is 0 Å². The lowest BCUT2D eigenvalue weighted by Crippen LogP contribution is -2.00. The van der Waals surface area contributed by atoms with E-state index in [0.29, 0.717) is 17.5 Å². The largest absolute Gasteiger partial charge is 0.456 e. The third-order valence-corrected chi connectivity index (χ3v) is 10.9. The summed E-state index contributed by atoms with van der Waals surface area (Å²) < 4.78 is 19.6. The molecule has 12 aromatic rings. The summed E-state index contributed by atoms with van der Waals surface area (Å²) in [4.78, 5) is 15.1. The number of benzene rings is 8. The Morgan fingerprint density at radius 3 is 1.61 bits per heavy atom. The summed E-state index contributed by atoms with van der Waals surface area (Å²) in [5.74, 6) is 1.80. The highest BCUT2D eigenvalue weighted by Crippen LogP contribution is 2.45. The zero-order valence-electron chi connectivity index (χ0n) is 30.3. The van der Waals surface area contributed by atoms with Crippen molar-refractivity contribution in [1.29, 1.82) is 0 Å². The summed E-state index contributed by atoms with van der Waals surface area (Å²) in [6, 6.07) is 59.8. The van der Waals surface area contributed by atoms with Gasteiger partial charge in [0.05, 0.1) is 0 Å². The molecule has 8 aromatic carbocycles. The van der Waals surface area contributed by atoms with Crippen molar-refractivity contribution < 1.29 is 13.3 Å². The molecule has 12 rings (SSSR count). The Labute approximate surface area is 325 Å². The highest BCUT2D eigenvalue weighted by molar-refractivity contribution is 6.18. The molecule has 0 aliphatic rings. The van der Waals surface area contributed by atoms with Crippen LogP contribution < -0.4 is 0 Å². The second-order valence-corrected chi connectivity index (χ2v) is 14.3. The van der Waals surface area contributed by atoms with Crippen molar-refractivity contribution in [2.75, 3.05) is 0 Å². The molecule has 4 aromatic heterocycles. The number of fused-ring (bicyclic) bond motifs is 9. The Morgan fingerprint density at radius 2 is 0.842 bits per heavy atom. The quantitative estimate of drug-likeness (QED) is 0.175. The fourth-order valence-corrected chi connectivity index (χ4v) is 8.32. The number of furan rings is 3. The molecule has 6 heteroatoms. The number of para-hydroxylation sites is 3. The third-order valence-electron chi connectivity index (χ3n) is 10.9. The highest BCUT2D eigenvalue weighted by atomic mass is 16.3. The number of hydrogen-bond acceptors (Lipinski definition) is 6. The SMILES string of the molecule is c1ccc(-c2nc(-c3ccccc3)nc(-c3cccc4oc5c(-c6cc(-c7ccc8oc9ccccc9c8c7)c7c(c6)oc6ccccc67)cccc5c34)n2)cc1. The molecule has 4 heterocycles. The Kier molecular flexibility index (Phi) is 6.83. The van der Waals surface area contributed by atoms with Gasteiger partial charge < -0.3 is 13.3 Å². The summed E-state index contributed by atoms with van der Waals surface area (Å²) in [5, 5.41) is 6.22. The zero-order valence-corrected chi connectivity index (χ0v) is 30.3. The topological polar surface area (TPSA) is 78.1 Å². The molecular weight excluding hydrogens is 703 g/mol. The first-order valence-electron chi connectivity index (χ1n) is 18.9. The van der Waals surface area contributed by atoms with E-state index < -0.39 is 0 Å². The van der Waals surface area contributed by atoms with Crippen molar-refractivity contribution >= 4 is 65.8 Å². The molecule has 0 atom stereocenters. The van der Waals surface area contributed by atoms with Crippen molar-refractivity contribution in [1.82, 2.24) is 15.0 Å². The summed E-state index contributed by atoms with van der Waals surface area (Å²) >= 11 is 0.